The Balaban J connectivity index is 4.29. The monoisotopic (exact) mass is 328 g/mol. The van der Waals surface area contributed by atoms with E-state index in [1.165, 1.54) is 17.7 Å². The van der Waals surface area contributed by atoms with E-state index in [9.17, 15) is 0 Å². The van der Waals surface area contributed by atoms with E-state index in [1.807, 2.05) is 7.05 Å². The predicted octanol–water partition coefficient (Wildman–Crippen LogP) is 4.16. The van der Waals surface area contributed by atoms with Crippen molar-refractivity contribution in [2.24, 2.45) is 0 Å². The second-order valence-corrected chi connectivity index (χ2v) is 5.91. The molecule has 0 spiro atoms. The van der Waals surface area contributed by atoms with Gasteiger partial charge in [-0.3, -0.25) is 0 Å². The van der Waals surface area contributed by atoms with Gasteiger partial charge in [-0.1, -0.05) is 59.2 Å². The summed E-state index contributed by atoms with van der Waals surface area (Å²) in [5, 5.41) is 6.70. The van der Waals surface area contributed by atoms with Crippen molar-refractivity contribution < 1.29 is 0 Å². The van der Waals surface area contributed by atoms with Gasteiger partial charge in [0.25, 0.3) is 0 Å². The molecule has 0 aliphatic rings. The molecular weight excluding hydrogens is 300 g/mol. The molecule has 0 aromatic rings. The van der Waals surface area contributed by atoms with E-state index < -0.39 is 0 Å². The summed E-state index contributed by atoms with van der Waals surface area (Å²) in [4.78, 5) is 0.401. The summed E-state index contributed by atoms with van der Waals surface area (Å²) < 4.78 is 0. The zero-order valence-electron chi connectivity index (χ0n) is 12.8. The van der Waals surface area contributed by atoms with Crippen molar-refractivity contribution >= 4 is 15.9 Å². The SMILES string of the molecule is CC=CC/C(=C\CCC)NC/C(C)=C/C(Br)CNC. The maximum atomic E-state index is 3.64. The predicted molar refractivity (Wildman–Crippen MR) is 90.8 cm³/mol. The van der Waals surface area contributed by atoms with Crippen LogP contribution in [0.3, 0.4) is 0 Å². The molecule has 0 fully saturated rings. The fraction of sp³-hybridized carbons (Fsp3) is 0.625. The Labute approximate surface area is 127 Å². The number of alkyl halides is 1. The molecule has 1 unspecified atom stereocenters. The Bertz CT molecular complexity index is 306. The van der Waals surface area contributed by atoms with E-state index in [0.29, 0.717) is 4.83 Å². The number of hydrogen-bond donors (Lipinski definition) is 2. The second kappa shape index (κ2) is 12.5. The Morgan fingerprint density at radius 3 is 2.68 bits per heavy atom. The molecule has 0 heterocycles. The lowest BCUT2D eigenvalue weighted by Crippen LogP contribution is -2.19. The Hall–Kier alpha value is -0.540. The Morgan fingerprint density at radius 2 is 2.11 bits per heavy atom. The molecule has 0 saturated carbocycles. The van der Waals surface area contributed by atoms with Crippen LogP contribution in [0.25, 0.3) is 0 Å². The highest BCUT2D eigenvalue weighted by Gasteiger charge is 2.00. The third-order valence-corrected chi connectivity index (χ3v) is 3.30. The zero-order chi connectivity index (χ0) is 14.5. The van der Waals surface area contributed by atoms with Gasteiger partial charge >= 0.3 is 0 Å². The molecular formula is C16H29BrN2. The molecule has 0 amide bonds. The molecule has 2 nitrogen and oxygen atoms in total. The summed E-state index contributed by atoms with van der Waals surface area (Å²) in [6.07, 6.45) is 12.2. The van der Waals surface area contributed by atoms with E-state index in [2.05, 4.69) is 71.6 Å². The maximum Gasteiger partial charge on any atom is 0.0453 e. The number of halogens is 1. The highest BCUT2D eigenvalue weighted by atomic mass is 79.9. The Morgan fingerprint density at radius 1 is 1.37 bits per heavy atom. The minimum Gasteiger partial charge on any atom is -0.385 e. The summed E-state index contributed by atoms with van der Waals surface area (Å²) in [7, 11) is 1.97. The second-order valence-electron chi connectivity index (χ2n) is 4.73. The van der Waals surface area contributed by atoms with Crippen molar-refractivity contribution in [3.8, 4) is 0 Å². The van der Waals surface area contributed by atoms with Gasteiger partial charge in [-0.15, -0.1) is 0 Å². The standard InChI is InChI=1S/C16H29BrN2/c1-5-7-9-16(10-8-6-2)19-12-14(3)11-15(17)13-18-4/h5,7,10-11,15,18-19H,6,8-9,12-13H2,1-4H3/b7-5?,14-11+,16-10+. The van der Waals surface area contributed by atoms with Gasteiger partial charge in [0.15, 0.2) is 0 Å². The molecule has 2 N–H and O–H groups in total. The van der Waals surface area contributed by atoms with Gasteiger partial charge in [-0.05, 0) is 27.3 Å². The van der Waals surface area contributed by atoms with Crippen molar-refractivity contribution in [3.63, 3.8) is 0 Å². The molecule has 110 valence electrons. The molecule has 0 aliphatic carbocycles. The largest absolute Gasteiger partial charge is 0.385 e. The normalized spacial score (nSPS) is 15.0. The first-order valence-corrected chi connectivity index (χ1v) is 8.05. The molecule has 0 bridgehead atoms. The first kappa shape index (κ1) is 18.5. The lowest BCUT2D eigenvalue weighted by molar-refractivity contribution is 0.798. The molecule has 0 rings (SSSR count). The van der Waals surface area contributed by atoms with Gasteiger partial charge in [-0.25, -0.2) is 0 Å². The van der Waals surface area contributed by atoms with E-state index in [-0.39, 0.29) is 0 Å². The quantitative estimate of drug-likeness (QED) is 0.465. The molecule has 3 heteroatoms. The number of rotatable bonds is 10. The topological polar surface area (TPSA) is 24.1 Å². The highest BCUT2D eigenvalue weighted by molar-refractivity contribution is 9.09. The zero-order valence-corrected chi connectivity index (χ0v) is 14.4. The molecule has 0 saturated heterocycles. The van der Waals surface area contributed by atoms with E-state index in [1.54, 1.807) is 0 Å². The maximum absolute atomic E-state index is 3.64. The van der Waals surface area contributed by atoms with Crippen LogP contribution >= 0.6 is 15.9 Å². The number of unbranched alkanes of at least 4 members (excludes halogenated alkanes) is 1. The molecule has 19 heavy (non-hydrogen) atoms. The minimum absolute atomic E-state index is 0.401. The van der Waals surface area contributed by atoms with Crippen LogP contribution in [0.15, 0.2) is 35.6 Å². The van der Waals surface area contributed by atoms with Gasteiger partial charge in [-0.2, -0.15) is 0 Å². The molecule has 1 atom stereocenters. The Kier molecular flexibility index (Phi) is 12.1. The third-order valence-electron chi connectivity index (χ3n) is 2.71. The average molecular weight is 329 g/mol. The van der Waals surface area contributed by atoms with Crippen LogP contribution in [0.2, 0.25) is 0 Å². The van der Waals surface area contributed by atoms with Crippen molar-refractivity contribution in [3.05, 3.63) is 35.6 Å². The summed E-state index contributed by atoms with van der Waals surface area (Å²) in [6.45, 7) is 8.31. The molecule has 0 aromatic heterocycles. The van der Waals surface area contributed by atoms with Crippen molar-refractivity contribution in [1.29, 1.82) is 0 Å². The fourth-order valence-corrected chi connectivity index (χ4v) is 2.44. The number of allylic oxidation sites excluding steroid dienone is 3. The van der Waals surface area contributed by atoms with Gasteiger partial charge < -0.3 is 10.6 Å². The van der Waals surface area contributed by atoms with Crippen LogP contribution in [0.4, 0.5) is 0 Å². The first-order valence-electron chi connectivity index (χ1n) is 7.14. The van der Waals surface area contributed by atoms with Gasteiger partial charge in [0, 0.05) is 30.0 Å². The van der Waals surface area contributed by atoms with Crippen molar-refractivity contribution in [1.82, 2.24) is 10.6 Å². The summed E-state index contributed by atoms with van der Waals surface area (Å²) in [6, 6.07) is 0. The van der Waals surface area contributed by atoms with Gasteiger partial charge in [0.05, 0.1) is 0 Å². The molecule has 0 radical (unpaired) electrons. The molecule has 0 aromatic carbocycles. The number of nitrogens with one attached hydrogen (secondary N) is 2. The lowest BCUT2D eigenvalue weighted by Gasteiger charge is -2.11. The van der Waals surface area contributed by atoms with Crippen LogP contribution < -0.4 is 10.6 Å². The summed E-state index contributed by atoms with van der Waals surface area (Å²) in [5.74, 6) is 0. The van der Waals surface area contributed by atoms with E-state index >= 15 is 0 Å². The van der Waals surface area contributed by atoms with Crippen LogP contribution in [0.5, 0.6) is 0 Å². The van der Waals surface area contributed by atoms with Crippen LogP contribution in [0.1, 0.15) is 40.0 Å². The van der Waals surface area contributed by atoms with Crippen molar-refractivity contribution in [2.75, 3.05) is 20.1 Å². The van der Waals surface area contributed by atoms with E-state index in [4.69, 9.17) is 0 Å². The highest BCUT2D eigenvalue weighted by Crippen LogP contribution is 2.06. The smallest absolute Gasteiger partial charge is 0.0453 e. The summed E-state index contributed by atoms with van der Waals surface area (Å²) >= 11 is 3.64. The van der Waals surface area contributed by atoms with E-state index in [0.717, 1.165) is 25.9 Å². The van der Waals surface area contributed by atoms with Gasteiger partial charge in [0.1, 0.15) is 0 Å². The summed E-state index contributed by atoms with van der Waals surface area (Å²) in [5.41, 5.74) is 2.69. The van der Waals surface area contributed by atoms with Crippen LogP contribution in [-0.2, 0) is 0 Å². The minimum atomic E-state index is 0.401. The van der Waals surface area contributed by atoms with Crippen LogP contribution in [0, 0.1) is 0 Å². The first-order chi connectivity index (χ1) is 9.13. The van der Waals surface area contributed by atoms with Crippen LogP contribution in [-0.4, -0.2) is 25.0 Å². The van der Waals surface area contributed by atoms with Crippen molar-refractivity contribution in [2.45, 2.75) is 44.9 Å². The number of hydrogen-bond acceptors (Lipinski definition) is 2. The van der Waals surface area contributed by atoms with Gasteiger partial charge in [0.2, 0.25) is 0 Å². The fourth-order valence-electron chi connectivity index (χ4n) is 1.67. The average Bonchev–Trinajstić information content (AvgIpc) is 2.38. The third kappa shape index (κ3) is 11.0. The lowest BCUT2D eigenvalue weighted by atomic mass is 10.2. The molecule has 0 aliphatic heterocycles.